The summed E-state index contributed by atoms with van der Waals surface area (Å²) >= 11 is 5.18. The molecule has 0 aliphatic rings. The number of benzene rings is 2. The fraction of sp³-hybridized carbons (Fsp3) is 0.261. The van der Waals surface area contributed by atoms with E-state index in [1.165, 1.54) is 6.08 Å². The molecule has 2 aromatic carbocycles. The molecule has 0 aliphatic heterocycles. The van der Waals surface area contributed by atoms with Crippen molar-refractivity contribution in [3.8, 4) is 5.75 Å². The van der Waals surface area contributed by atoms with Crippen LogP contribution in [0, 0.1) is 0 Å². The van der Waals surface area contributed by atoms with Crippen LogP contribution in [0.15, 0.2) is 54.6 Å². The molecule has 30 heavy (non-hydrogen) atoms. The van der Waals surface area contributed by atoms with Crippen molar-refractivity contribution in [3.05, 3.63) is 65.7 Å². The first kappa shape index (κ1) is 23.1. The Balaban J connectivity index is 1.87. The van der Waals surface area contributed by atoms with Gasteiger partial charge in [-0.15, -0.1) is 0 Å². The Morgan fingerprint density at radius 1 is 1.00 bits per heavy atom. The maximum atomic E-state index is 12.3. The molecule has 0 saturated heterocycles. The number of rotatable bonds is 8. The summed E-state index contributed by atoms with van der Waals surface area (Å²) in [6.45, 7) is 7.75. The van der Waals surface area contributed by atoms with Crippen LogP contribution in [-0.4, -0.2) is 41.5 Å². The summed E-state index contributed by atoms with van der Waals surface area (Å²) in [6.07, 6.45) is 3.11. The van der Waals surface area contributed by atoms with Gasteiger partial charge in [0.15, 0.2) is 5.11 Å². The number of ether oxygens (including phenoxy) is 1. The maximum absolute atomic E-state index is 12.3. The van der Waals surface area contributed by atoms with Gasteiger partial charge in [0.25, 0.3) is 5.91 Å². The number of thiocarbonyl (C=S) groups is 1. The van der Waals surface area contributed by atoms with E-state index in [0.29, 0.717) is 30.9 Å². The monoisotopic (exact) mass is 425 g/mol. The number of hydrogen-bond acceptors (Lipinski definition) is 4. The number of carbonyl (C=O) groups excluding carboxylic acids is 2. The lowest BCUT2D eigenvalue weighted by Crippen LogP contribution is -2.33. The highest BCUT2D eigenvalue weighted by Crippen LogP contribution is 2.13. The minimum absolute atomic E-state index is 0.0122. The maximum Gasteiger partial charge on any atom is 0.253 e. The Morgan fingerprint density at radius 3 is 2.20 bits per heavy atom. The van der Waals surface area contributed by atoms with Gasteiger partial charge in [0.05, 0.1) is 6.61 Å². The number of hydrogen-bond donors (Lipinski definition) is 2. The predicted octanol–water partition coefficient (Wildman–Crippen LogP) is 4.09. The van der Waals surface area contributed by atoms with E-state index in [1.807, 2.05) is 45.0 Å². The van der Waals surface area contributed by atoms with Crippen molar-refractivity contribution in [2.24, 2.45) is 0 Å². The van der Waals surface area contributed by atoms with Crippen LogP contribution in [0.4, 0.5) is 5.69 Å². The van der Waals surface area contributed by atoms with Crippen LogP contribution < -0.4 is 15.4 Å². The number of nitrogens with one attached hydrogen (secondary N) is 2. The van der Waals surface area contributed by atoms with Crippen LogP contribution in [0.5, 0.6) is 5.75 Å². The molecule has 158 valence electrons. The zero-order chi connectivity index (χ0) is 21.9. The van der Waals surface area contributed by atoms with Gasteiger partial charge in [-0.3, -0.25) is 14.9 Å². The topological polar surface area (TPSA) is 70.7 Å². The lowest BCUT2D eigenvalue weighted by atomic mass is 10.2. The third-order valence-electron chi connectivity index (χ3n) is 4.30. The summed E-state index contributed by atoms with van der Waals surface area (Å²) in [5, 5.41) is 5.72. The van der Waals surface area contributed by atoms with E-state index in [4.69, 9.17) is 17.0 Å². The van der Waals surface area contributed by atoms with Crippen molar-refractivity contribution >= 4 is 40.9 Å². The molecule has 2 amide bonds. The van der Waals surface area contributed by atoms with Gasteiger partial charge in [0, 0.05) is 30.4 Å². The molecule has 0 aliphatic carbocycles. The first-order valence-corrected chi connectivity index (χ1v) is 10.3. The van der Waals surface area contributed by atoms with Crippen molar-refractivity contribution in [3.63, 3.8) is 0 Å². The summed E-state index contributed by atoms with van der Waals surface area (Å²) in [5.41, 5.74) is 2.17. The fourth-order valence-electron chi connectivity index (χ4n) is 2.72. The average Bonchev–Trinajstić information content (AvgIpc) is 2.74. The molecule has 2 aromatic rings. The molecule has 0 atom stereocenters. The van der Waals surface area contributed by atoms with Gasteiger partial charge >= 0.3 is 0 Å². The zero-order valence-electron chi connectivity index (χ0n) is 17.5. The normalized spacial score (nSPS) is 10.5. The van der Waals surface area contributed by atoms with E-state index in [9.17, 15) is 9.59 Å². The Bertz CT molecular complexity index is 889. The third-order valence-corrected chi connectivity index (χ3v) is 4.50. The lowest BCUT2D eigenvalue weighted by molar-refractivity contribution is -0.115. The molecule has 2 rings (SSSR count). The minimum Gasteiger partial charge on any atom is -0.494 e. The van der Waals surface area contributed by atoms with Crippen LogP contribution in [0.25, 0.3) is 6.08 Å². The highest BCUT2D eigenvalue weighted by atomic mass is 32.1. The molecule has 0 radical (unpaired) electrons. The van der Waals surface area contributed by atoms with Crippen molar-refractivity contribution in [2.75, 3.05) is 25.0 Å². The summed E-state index contributed by atoms with van der Waals surface area (Å²) in [7, 11) is 0. The number of carbonyl (C=O) groups is 2. The fourth-order valence-corrected chi connectivity index (χ4v) is 2.94. The van der Waals surface area contributed by atoms with Crippen LogP contribution >= 0.6 is 12.2 Å². The Hall–Kier alpha value is -3.19. The van der Waals surface area contributed by atoms with Gasteiger partial charge < -0.3 is 15.0 Å². The molecule has 2 N–H and O–H groups in total. The molecule has 0 heterocycles. The largest absolute Gasteiger partial charge is 0.494 e. The molecule has 0 aromatic heterocycles. The summed E-state index contributed by atoms with van der Waals surface area (Å²) in [4.78, 5) is 26.2. The molecule has 7 heteroatoms. The van der Waals surface area contributed by atoms with Crippen LogP contribution in [0.1, 0.15) is 36.7 Å². The van der Waals surface area contributed by atoms with E-state index in [1.54, 1.807) is 35.2 Å². The second-order valence-corrected chi connectivity index (χ2v) is 6.74. The Kier molecular flexibility index (Phi) is 9.03. The zero-order valence-corrected chi connectivity index (χ0v) is 18.3. The van der Waals surface area contributed by atoms with Gasteiger partial charge in [-0.2, -0.15) is 0 Å². The van der Waals surface area contributed by atoms with E-state index in [0.717, 1.165) is 11.3 Å². The SMILES string of the molecule is CCOc1ccc(/C=C/C(=O)NC(=S)Nc2ccc(C(=O)N(CC)CC)cc2)cc1. The highest BCUT2D eigenvalue weighted by molar-refractivity contribution is 7.80. The molecule has 0 fully saturated rings. The van der Waals surface area contributed by atoms with Crippen molar-refractivity contribution in [1.82, 2.24) is 10.2 Å². The molecule has 0 unspecified atom stereocenters. The van der Waals surface area contributed by atoms with E-state index in [-0.39, 0.29) is 16.9 Å². The molecular weight excluding hydrogens is 398 g/mol. The second-order valence-electron chi connectivity index (χ2n) is 6.33. The number of nitrogens with zero attached hydrogens (tertiary/aromatic N) is 1. The molecule has 0 bridgehead atoms. The van der Waals surface area contributed by atoms with Crippen molar-refractivity contribution in [1.29, 1.82) is 0 Å². The van der Waals surface area contributed by atoms with Crippen LogP contribution in [0.2, 0.25) is 0 Å². The summed E-state index contributed by atoms with van der Waals surface area (Å²) < 4.78 is 5.39. The summed E-state index contributed by atoms with van der Waals surface area (Å²) in [5.74, 6) is 0.436. The van der Waals surface area contributed by atoms with Gasteiger partial charge in [0.2, 0.25) is 5.91 Å². The average molecular weight is 426 g/mol. The number of amides is 2. The van der Waals surface area contributed by atoms with E-state index < -0.39 is 0 Å². The Labute approximate surface area is 182 Å². The Morgan fingerprint density at radius 2 is 1.63 bits per heavy atom. The van der Waals surface area contributed by atoms with Crippen LogP contribution in [-0.2, 0) is 4.79 Å². The predicted molar refractivity (Wildman–Crippen MR) is 125 cm³/mol. The molecule has 6 nitrogen and oxygen atoms in total. The highest BCUT2D eigenvalue weighted by Gasteiger charge is 2.12. The standard InChI is InChI=1S/C23H27N3O3S/c1-4-26(5-2)22(28)18-10-12-19(13-11-18)24-23(30)25-21(27)16-9-17-7-14-20(15-8-17)29-6-3/h7-16H,4-6H2,1-3H3,(H2,24,25,27,30)/b16-9+. The smallest absolute Gasteiger partial charge is 0.253 e. The van der Waals surface area contributed by atoms with Crippen molar-refractivity contribution < 1.29 is 14.3 Å². The van der Waals surface area contributed by atoms with Gasteiger partial charge in [-0.05, 0) is 81.0 Å². The quantitative estimate of drug-likeness (QED) is 0.492. The van der Waals surface area contributed by atoms with Crippen molar-refractivity contribution in [2.45, 2.75) is 20.8 Å². The first-order chi connectivity index (χ1) is 14.5. The third kappa shape index (κ3) is 7.00. The molecule has 0 saturated carbocycles. The van der Waals surface area contributed by atoms with Gasteiger partial charge in [-0.25, -0.2) is 0 Å². The van der Waals surface area contributed by atoms with Gasteiger partial charge in [0.1, 0.15) is 5.75 Å². The van der Waals surface area contributed by atoms with Gasteiger partial charge in [-0.1, -0.05) is 12.1 Å². The van der Waals surface area contributed by atoms with E-state index >= 15 is 0 Å². The molecule has 0 spiro atoms. The molecular formula is C23H27N3O3S. The first-order valence-electron chi connectivity index (χ1n) is 9.89. The summed E-state index contributed by atoms with van der Waals surface area (Å²) in [6, 6.07) is 14.4. The number of anilines is 1. The lowest BCUT2D eigenvalue weighted by Gasteiger charge is -2.18. The second kappa shape index (κ2) is 11.7. The van der Waals surface area contributed by atoms with Crippen LogP contribution in [0.3, 0.4) is 0 Å². The van der Waals surface area contributed by atoms with E-state index in [2.05, 4.69) is 10.6 Å². The minimum atomic E-state index is -0.338.